The molecule has 5 nitrogen and oxygen atoms in total. The van der Waals surface area contributed by atoms with Crippen LogP contribution in [-0.2, 0) is 26.6 Å². The van der Waals surface area contributed by atoms with E-state index in [1.807, 2.05) is 0 Å². The van der Waals surface area contributed by atoms with Gasteiger partial charge in [-0.3, -0.25) is 4.79 Å². The zero-order valence-corrected chi connectivity index (χ0v) is 20.9. The summed E-state index contributed by atoms with van der Waals surface area (Å²) >= 11 is 0.566. The van der Waals surface area contributed by atoms with E-state index in [-0.39, 0.29) is 32.4 Å². The van der Waals surface area contributed by atoms with Gasteiger partial charge in [0.1, 0.15) is 11.9 Å². The van der Waals surface area contributed by atoms with Crippen molar-refractivity contribution >= 4 is 23.7 Å². The second kappa shape index (κ2) is 12.0. The van der Waals surface area contributed by atoms with Crippen molar-refractivity contribution < 1.29 is 45.3 Å². The molecule has 38 heavy (non-hydrogen) atoms. The van der Waals surface area contributed by atoms with Crippen LogP contribution in [0.3, 0.4) is 0 Å². The van der Waals surface area contributed by atoms with Crippen molar-refractivity contribution in [1.82, 2.24) is 4.90 Å². The molecule has 0 atom stereocenters. The zero-order chi connectivity index (χ0) is 27.3. The van der Waals surface area contributed by atoms with Crippen LogP contribution in [0.1, 0.15) is 29.5 Å². The number of amides is 1. The maximum absolute atomic E-state index is 14.1. The van der Waals surface area contributed by atoms with E-state index in [4.69, 9.17) is 14.2 Å². The number of alkyl halides is 6. The highest BCUT2D eigenvalue weighted by Gasteiger charge is 2.46. The molecule has 0 radical (unpaired) electrons. The number of carbonyl (C=O) groups is 1. The lowest BCUT2D eigenvalue weighted by Crippen LogP contribution is -2.39. The summed E-state index contributed by atoms with van der Waals surface area (Å²) in [6.07, 6.45) is -7.77. The third-order valence-corrected chi connectivity index (χ3v) is 7.05. The fourth-order valence-corrected chi connectivity index (χ4v) is 5.22. The molecule has 2 aliphatic heterocycles. The highest BCUT2D eigenvalue weighted by Crippen LogP contribution is 2.48. The molecule has 206 valence electrons. The van der Waals surface area contributed by atoms with Gasteiger partial charge in [0.2, 0.25) is 5.91 Å². The number of morpholine rings is 1. The van der Waals surface area contributed by atoms with Crippen LogP contribution < -0.4 is 4.74 Å². The standard InChI is InChI=1S/C26H25F6NO4S/c27-25(28,29)23-17(5-7-22(34)33-10-14-36-15-11-33)4-6-21(24(23)26(30,31)32)38-20-3-1-2-19(16-20)37-18-8-12-35-13-9-18/h1-7,16,18H,8-15H2/b7-5+. The molecule has 2 aromatic rings. The molecule has 0 N–H and O–H groups in total. The molecule has 2 aliphatic rings. The van der Waals surface area contributed by atoms with E-state index in [1.165, 1.54) is 17.0 Å². The minimum Gasteiger partial charge on any atom is -0.490 e. The first-order valence-corrected chi connectivity index (χ1v) is 12.7. The molecule has 0 unspecified atom stereocenters. The summed E-state index contributed by atoms with van der Waals surface area (Å²) < 4.78 is 101. The van der Waals surface area contributed by atoms with Gasteiger partial charge < -0.3 is 19.1 Å². The number of hydrogen-bond donors (Lipinski definition) is 0. The molecule has 2 aromatic carbocycles. The van der Waals surface area contributed by atoms with E-state index in [1.54, 1.807) is 12.1 Å². The van der Waals surface area contributed by atoms with Crippen molar-refractivity contribution in [3.63, 3.8) is 0 Å². The van der Waals surface area contributed by atoms with Crippen LogP contribution in [0.5, 0.6) is 5.75 Å². The fourth-order valence-electron chi connectivity index (χ4n) is 4.18. The average molecular weight is 562 g/mol. The van der Waals surface area contributed by atoms with Gasteiger partial charge in [-0.2, -0.15) is 26.3 Å². The highest BCUT2D eigenvalue weighted by molar-refractivity contribution is 7.99. The fraction of sp³-hybridized carbons (Fsp3) is 0.423. The van der Waals surface area contributed by atoms with E-state index >= 15 is 0 Å². The summed E-state index contributed by atoms with van der Waals surface area (Å²) in [5, 5.41) is 0. The molecule has 0 bridgehead atoms. The Kier molecular flexibility index (Phi) is 8.94. The minimum absolute atomic E-state index is 0.113. The average Bonchev–Trinajstić information content (AvgIpc) is 2.87. The quantitative estimate of drug-likeness (QED) is 0.306. The number of ether oxygens (including phenoxy) is 3. The first-order valence-electron chi connectivity index (χ1n) is 11.9. The van der Waals surface area contributed by atoms with Crippen molar-refractivity contribution in [2.24, 2.45) is 0 Å². The van der Waals surface area contributed by atoms with E-state index in [0.29, 0.717) is 48.5 Å². The number of carbonyl (C=O) groups excluding carboxylic acids is 1. The second-order valence-electron chi connectivity index (χ2n) is 8.68. The molecule has 4 rings (SSSR count). The van der Waals surface area contributed by atoms with Crippen molar-refractivity contribution in [2.45, 2.75) is 41.1 Å². The molecule has 0 aliphatic carbocycles. The van der Waals surface area contributed by atoms with Crippen LogP contribution in [0.15, 0.2) is 52.3 Å². The van der Waals surface area contributed by atoms with Crippen LogP contribution in [-0.4, -0.2) is 56.4 Å². The molecule has 1 amide bonds. The maximum Gasteiger partial charge on any atom is 0.418 e. The first kappa shape index (κ1) is 28.3. The van der Waals surface area contributed by atoms with Crippen LogP contribution >= 0.6 is 11.8 Å². The van der Waals surface area contributed by atoms with Crippen molar-refractivity contribution in [1.29, 1.82) is 0 Å². The lowest BCUT2D eigenvalue weighted by Gasteiger charge is -2.25. The topological polar surface area (TPSA) is 48.0 Å². The molecule has 2 fully saturated rings. The summed E-state index contributed by atoms with van der Waals surface area (Å²) in [4.78, 5) is 13.4. The van der Waals surface area contributed by atoms with E-state index in [0.717, 1.165) is 24.3 Å². The van der Waals surface area contributed by atoms with Crippen LogP contribution in [0.25, 0.3) is 6.08 Å². The van der Waals surface area contributed by atoms with Crippen LogP contribution in [0.2, 0.25) is 0 Å². The number of benzene rings is 2. The Morgan fingerprint density at radius 2 is 1.58 bits per heavy atom. The summed E-state index contributed by atoms with van der Waals surface area (Å²) in [5.74, 6) is -0.192. The maximum atomic E-state index is 14.1. The molecule has 2 heterocycles. The normalized spacial score (nSPS) is 17.7. The molecule has 12 heteroatoms. The van der Waals surface area contributed by atoms with E-state index in [9.17, 15) is 31.1 Å². The Hall–Kier alpha value is -2.70. The Morgan fingerprint density at radius 1 is 0.921 bits per heavy atom. The smallest absolute Gasteiger partial charge is 0.418 e. The largest absolute Gasteiger partial charge is 0.490 e. The van der Waals surface area contributed by atoms with Gasteiger partial charge in [0, 0.05) is 41.8 Å². The van der Waals surface area contributed by atoms with Crippen LogP contribution in [0, 0.1) is 0 Å². The lowest BCUT2D eigenvalue weighted by atomic mass is 9.99. The third kappa shape index (κ3) is 7.23. The molecular formula is C26H25F6NO4S. The summed E-state index contributed by atoms with van der Waals surface area (Å²) in [6, 6.07) is 8.17. The Balaban J connectivity index is 1.66. The lowest BCUT2D eigenvalue weighted by molar-refractivity contribution is -0.163. The molecule has 0 aromatic heterocycles. The van der Waals surface area contributed by atoms with Crippen molar-refractivity contribution in [2.75, 3.05) is 39.5 Å². The van der Waals surface area contributed by atoms with Gasteiger partial charge in [0.05, 0.1) is 37.6 Å². The summed E-state index contributed by atoms with van der Waals surface area (Å²) in [7, 11) is 0. The third-order valence-electron chi connectivity index (χ3n) is 6.00. The summed E-state index contributed by atoms with van der Waals surface area (Å²) in [6.45, 7) is 2.11. The van der Waals surface area contributed by atoms with Gasteiger partial charge in [0.25, 0.3) is 0 Å². The molecule has 0 saturated carbocycles. The van der Waals surface area contributed by atoms with Gasteiger partial charge in [-0.25, -0.2) is 0 Å². The summed E-state index contributed by atoms with van der Waals surface area (Å²) in [5.41, 5.74) is -4.38. The van der Waals surface area contributed by atoms with Gasteiger partial charge >= 0.3 is 12.4 Å². The molecule has 0 spiro atoms. The van der Waals surface area contributed by atoms with Crippen molar-refractivity contribution in [3.05, 3.63) is 59.2 Å². The minimum atomic E-state index is -5.32. The predicted octanol–water partition coefficient (Wildman–Crippen LogP) is 6.31. The number of halogens is 6. The highest BCUT2D eigenvalue weighted by atomic mass is 32.2. The Bertz CT molecular complexity index is 1160. The predicted molar refractivity (Wildman–Crippen MR) is 128 cm³/mol. The van der Waals surface area contributed by atoms with E-state index < -0.39 is 39.8 Å². The van der Waals surface area contributed by atoms with E-state index in [2.05, 4.69) is 0 Å². The Morgan fingerprint density at radius 3 is 2.24 bits per heavy atom. The number of nitrogens with zero attached hydrogens (tertiary/aromatic N) is 1. The van der Waals surface area contributed by atoms with Gasteiger partial charge in [-0.1, -0.05) is 23.9 Å². The molecular weight excluding hydrogens is 536 g/mol. The van der Waals surface area contributed by atoms with Gasteiger partial charge in [-0.15, -0.1) is 0 Å². The monoisotopic (exact) mass is 561 g/mol. The second-order valence-corrected chi connectivity index (χ2v) is 9.79. The number of hydrogen-bond acceptors (Lipinski definition) is 5. The first-order chi connectivity index (χ1) is 18.0. The Labute approximate surface area is 219 Å². The number of rotatable bonds is 6. The SMILES string of the molecule is O=C(/C=C/c1ccc(Sc2cccc(OC3CCOCC3)c2)c(C(F)(F)F)c1C(F)(F)F)N1CCOCC1. The van der Waals surface area contributed by atoms with Crippen molar-refractivity contribution in [3.8, 4) is 5.75 Å². The molecule has 2 saturated heterocycles. The van der Waals surface area contributed by atoms with Crippen LogP contribution in [0.4, 0.5) is 26.3 Å². The van der Waals surface area contributed by atoms with Gasteiger partial charge in [0.15, 0.2) is 0 Å². The zero-order valence-electron chi connectivity index (χ0n) is 20.1. The van der Waals surface area contributed by atoms with Gasteiger partial charge in [-0.05, 0) is 35.9 Å².